The first-order valence-corrected chi connectivity index (χ1v) is 9.06. The minimum Gasteiger partial charge on any atom is -0.495 e. The molecule has 2 amide bonds. The Kier molecular flexibility index (Phi) is 7.23. The fourth-order valence-electron chi connectivity index (χ4n) is 2.91. The van der Waals surface area contributed by atoms with Crippen molar-refractivity contribution in [1.29, 1.82) is 0 Å². The maximum absolute atomic E-state index is 13.1. The van der Waals surface area contributed by atoms with Gasteiger partial charge in [0.25, 0.3) is 0 Å². The average Bonchev–Trinajstić information content (AvgIpc) is 2.67. The zero-order valence-corrected chi connectivity index (χ0v) is 16.3. The highest BCUT2D eigenvalue weighted by Gasteiger charge is 2.25. The summed E-state index contributed by atoms with van der Waals surface area (Å²) in [6.07, 6.45) is 0. The van der Waals surface area contributed by atoms with E-state index in [4.69, 9.17) is 4.74 Å². The maximum atomic E-state index is 13.1. The van der Waals surface area contributed by atoms with Crippen LogP contribution in [0, 0.1) is 0 Å². The van der Waals surface area contributed by atoms with Crippen LogP contribution in [0.15, 0.2) is 48.5 Å². The molecule has 2 aromatic carbocycles. The van der Waals surface area contributed by atoms with Gasteiger partial charge < -0.3 is 20.3 Å². The summed E-state index contributed by atoms with van der Waals surface area (Å²) < 4.78 is 5.43. The van der Waals surface area contributed by atoms with E-state index in [1.165, 1.54) is 6.92 Å². The highest BCUT2D eigenvalue weighted by molar-refractivity contribution is 5.90. The highest BCUT2D eigenvalue weighted by Crippen LogP contribution is 2.32. The molecule has 0 bridgehead atoms. The first-order chi connectivity index (χ1) is 13.0. The maximum Gasteiger partial charge on any atom is 0.249 e. The SMILES string of the molecule is CCN(CC)C(=O)C(Nc1cc(NC(C)=O)ccc1OC)c1ccccc1. The van der Waals surface area contributed by atoms with Crippen molar-refractivity contribution in [3.63, 3.8) is 0 Å². The predicted molar refractivity (Wildman–Crippen MR) is 108 cm³/mol. The van der Waals surface area contributed by atoms with E-state index in [1.54, 1.807) is 30.2 Å². The zero-order valence-electron chi connectivity index (χ0n) is 16.3. The number of rotatable bonds is 8. The molecule has 27 heavy (non-hydrogen) atoms. The Morgan fingerprint density at radius 3 is 2.30 bits per heavy atom. The van der Waals surface area contributed by atoms with Crippen LogP contribution >= 0.6 is 0 Å². The lowest BCUT2D eigenvalue weighted by molar-refractivity contribution is -0.131. The molecule has 0 aliphatic rings. The monoisotopic (exact) mass is 369 g/mol. The van der Waals surface area contributed by atoms with Crippen LogP contribution in [0.5, 0.6) is 5.75 Å². The second-order valence-electron chi connectivity index (χ2n) is 6.09. The van der Waals surface area contributed by atoms with Crippen molar-refractivity contribution in [3.8, 4) is 5.75 Å². The molecular formula is C21H27N3O3. The second kappa shape index (κ2) is 9.62. The first kappa shape index (κ1) is 20.3. The quantitative estimate of drug-likeness (QED) is 0.745. The summed E-state index contributed by atoms with van der Waals surface area (Å²) in [5, 5.41) is 6.06. The number of amides is 2. The average molecular weight is 369 g/mol. The standard InChI is InChI=1S/C21H27N3O3/c1-5-24(6-2)21(26)20(16-10-8-7-9-11-16)23-18-14-17(22-15(3)25)12-13-19(18)27-4/h7-14,20,23H,5-6H2,1-4H3,(H,22,25). The number of methoxy groups -OCH3 is 1. The molecule has 0 fully saturated rings. The Bertz CT molecular complexity index is 773. The van der Waals surface area contributed by atoms with Gasteiger partial charge in [-0.2, -0.15) is 0 Å². The van der Waals surface area contributed by atoms with E-state index >= 15 is 0 Å². The van der Waals surface area contributed by atoms with Gasteiger partial charge in [0.1, 0.15) is 11.8 Å². The number of nitrogens with zero attached hydrogens (tertiary/aromatic N) is 1. The molecule has 2 aromatic rings. The molecule has 2 N–H and O–H groups in total. The zero-order chi connectivity index (χ0) is 19.8. The molecule has 0 radical (unpaired) electrons. The lowest BCUT2D eigenvalue weighted by Gasteiger charge is -2.27. The Morgan fingerprint density at radius 2 is 1.74 bits per heavy atom. The van der Waals surface area contributed by atoms with E-state index in [0.717, 1.165) is 5.56 Å². The van der Waals surface area contributed by atoms with Crippen LogP contribution in [0.2, 0.25) is 0 Å². The predicted octanol–water partition coefficient (Wildman–Crippen LogP) is 3.68. The molecule has 144 valence electrons. The third-order valence-corrected chi connectivity index (χ3v) is 4.27. The minimum absolute atomic E-state index is 0.0156. The van der Waals surface area contributed by atoms with Gasteiger partial charge in [-0.1, -0.05) is 30.3 Å². The molecule has 0 aromatic heterocycles. The lowest BCUT2D eigenvalue weighted by atomic mass is 10.0. The Labute approximate surface area is 160 Å². The topological polar surface area (TPSA) is 70.7 Å². The van der Waals surface area contributed by atoms with E-state index < -0.39 is 6.04 Å². The molecule has 0 aliphatic carbocycles. The molecule has 6 nitrogen and oxygen atoms in total. The molecule has 0 aliphatic heterocycles. The van der Waals surface area contributed by atoms with Crippen molar-refractivity contribution >= 4 is 23.2 Å². The lowest BCUT2D eigenvalue weighted by Crippen LogP contribution is -2.37. The van der Waals surface area contributed by atoms with Gasteiger partial charge in [0.15, 0.2) is 0 Å². The third-order valence-electron chi connectivity index (χ3n) is 4.27. The number of hydrogen-bond acceptors (Lipinski definition) is 4. The molecule has 2 rings (SSSR count). The number of ether oxygens (including phenoxy) is 1. The molecule has 0 heterocycles. The van der Waals surface area contributed by atoms with Crippen molar-refractivity contribution in [2.45, 2.75) is 26.8 Å². The largest absolute Gasteiger partial charge is 0.495 e. The summed E-state index contributed by atoms with van der Waals surface area (Å²) >= 11 is 0. The number of nitrogens with one attached hydrogen (secondary N) is 2. The molecular weight excluding hydrogens is 342 g/mol. The summed E-state index contributed by atoms with van der Waals surface area (Å²) in [4.78, 5) is 26.3. The van der Waals surface area contributed by atoms with E-state index in [1.807, 2.05) is 44.2 Å². The number of likely N-dealkylation sites (N-methyl/N-ethyl adjacent to an activating group) is 1. The van der Waals surface area contributed by atoms with Crippen LogP contribution in [0.4, 0.5) is 11.4 Å². The minimum atomic E-state index is -0.562. The second-order valence-corrected chi connectivity index (χ2v) is 6.09. The highest BCUT2D eigenvalue weighted by atomic mass is 16.5. The molecule has 0 spiro atoms. The number of carbonyl (C=O) groups excluding carboxylic acids is 2. The van der Waals surface area contributed by atoms with Crippen LogP contribution in [-0.2, 0) is 9.59 Å². The third kappa shape index (κ3) is 5.23. The molecule has 1 unspecified atom stereocenters. The first-order valence-electron chi connectivity index (χ1n) is 9.06. The van der Waals surface area contributed by atoms with Gasteiger partial charge in [-0.15, -0.1) is 0 Å². The van der Waals surface area contributed by atoms with E-state index in [2.05, 4.69) is 10.6 Å². The Morgan fingerprint density at radius 1 is 1.07 bits per heavy atom. The summed E-state index contributed by atoms with van der Waals surface area (Å²) in [5.74, 6) is 0.417. The Balaban J connectivity index is 2.42. The van der Waals surface area contributed by atoms with Gasteiger partial charge in [-0.05, 0) is 37.6 Å². The van der Waals surface area contributed by atoms with E-state index in [9.17, 15) is 9.59 Å². The van der Waals surface area contributed by atoms with Crippen LogP contribution in [0.3, 0.4) is 0 Å². The Hall–Kier alpha value is -3.02. The van der Waals surface area contributed by atoms with Gasteiger partial charge in [0.05, 0.1) is 12.8 Å². The number of benzene rings is 2. The van der Waals surface area contributed by atoms with E-state index in [-0.39, 0.29) is 11.8 Å². The number of anilines is 2. The van der Waals surface area contributed by atoms with Crippen molar-refractivity contribution in [2.75, 3.05) is 30.8 Å². The van der Waals surface area contributed by atoms with Crippen molar-refractivity contribution < 1.29 is 14.3 Å². The van der Waals surface area contributed by atoms with Gasteiger partial charge >= 0.3 is 0 Å². The van der Waals surface area contributed by atoms with Gasteiger partial charge in [-0.3, -0.25) is 9.59 Å². The van der Waals surface area contributed by atoms with Crippen molar-refractivity contribution in [1.82, 2.24) is 4.90 Å². The summed E-state index contributed by atoms with van der Waals surface area (Å²) in [6.45, 7) is 6.63. The van der Waals surface area contributed by atoms with Crippen molar-refractivity contribution in [3.05, 3.63) is 54.1 Å². The normalized spacial score (nSPS) is 11.4. The van der Waals surface area contributed by atoms with Gasteiger partial charge in [0.2, 0.25) is 11.8 Å². The van der Waals surface area contributed by atoms with Gasteiger partial charge in [0, 0.05) is 25.7 Å². The van der Waals surface area contributed by atoms with Crippen LogP contribution < -0.4 is 15.4 Å². The fourth-order valence-corrected chi connectivity index (χ4v) is 2.91. The molecule has 6 heteroatoms. The summed E-state index contributed by atoms with van der Waals surface area (Å²) in [7, 11) is 1.57. The fraction of sp³-hybridized carbons (Fsp3) is 0.333. The summed E-state index contributed by atoms with van der Waals surface area (Å²) in [6, 6.07) is 14.3. The number of carbonyl (C=O) groups is 2. The van der Waals surface area contributed by atoms with Crippen LogP contribution in [0.25, 0.3) is 0 Å². The van der Waals surface area contributed by atoms with Crippen LogP contribution in [-0.4, -0.2) is 36.9 Å². The molecule has 0 saturated heterocycles. The van der Waals surface area contributed by atoms with E-state index in [0.29, 0.717) is 30.2 Å². The smallest absolute Gasteiger partial charge is 0.249 e. The van der Waals surface area contributed by atoms with Crippen molar-refractivity contribution in [2.24, 2.45) is 0 Å². The van der Waals surface area contributed by atoms with Crippen LogP contribution in [0.1, 0.15) is 32.4 Å². The molecule has 0 saturated carbocycles. The number of hydrogen-bond donors (Lipinski definition) is 2. The molecule has 1 atom stereocenters. The van der Waals surface area contributed by atoms with Gasteiger partial charge in [-0.25, -0.2) is 0 Å². The summed E-state index contributed by atoms with van der Waals surface area (Å²) in [5.41, 5.74) is 2.13.